The normalized spacial score (nSPS) is 15.7. The molecule has 31 heavy (non-hydrogen) atoms. The van der Waals surface area contributed by atoms with E-state index in [-0.39, 0.29) is 12.4 Å². The van der Waals surface area contributed by atoms with Crippen LogP contribution in [0.2, 0.25) is 0 Å². The van der Waals surface area contributed by atoms with E-state index < -0.39 is 23.3 Å². The van der Waals surface area contributed by atoms with Gasteiger partial charge in [-0.05, 0) is 31.0 Å². The number of aromatic nitrogens is 4. The predicted octanol–water partition coefficient (Wildman–Crippen LogP) is 4.58. The second kappa shape index (κ2) is 8.01. The Hall–Kier alpha value is -3.43. The summed E-state index contributed by atoms with van der Waals surface area (Å²) in [5, 5.41) is 9.51. The highest BCUT2D eigenvalue weighted by Gasteiger charge is 2.42. The Kier molecular flexibility index (Phi) is 5.38. The van der Waals surface area contributed by atoms with Crippen molar-refractivity contribution in [2.75, 3.05) is 6.61 Å². The van der Waals surface area contributed by atoms with Gasteiger partial charge in [0.05, 0.1) is 11.9 Å². The molecular weight excluding hydrogens is 413 g/mol. The summed E-state index contributed by atoms with van der Waals surface area (Å²) in [5.41, 5.74) is -0.0991. The topological polar surface area (TPSA) is 101 Å². The van der Waals surface area contributed by atoms with Crippen molar-refractivity contribution in [1.29, 1.82) is 0 Å². The maximum Gasteiger partial charge on any atom is 0.432 e. The van der Waals surface area contributed by atoms with Crippen LogP contribution in [0.5, 0.6) is 5.88 Å². The molecule has 162 valence electrons. The minimum atomic E-state index is -4.49. The minimum Gasteiger partial charge on any atom is -0.481 e. The van der Waals surface area contributed by atoms with Gasteiger partial charge in [-0.15, -0.1) is 0 Å². The highest BCUT2D eigenvalue weighted by molar-refractivity contribution is 5.75. The van der Waals surface area contributed by atoms with E-state index in [0.29, 0.717) is 35.5 Å². The van der Waals surface area contributed by atoms with Gasteiger partial charge in [0.15, 0.2) is 0 Å². The lowest BCUT2D eigenvalue weighted by Crippen LogP contribution is -2.34. The SMILES string of the molecule is O=C(O)C1(COc2ccc(-c3ccc(-c4ncc(C(F)(F)F)[nH]4)cn3)cn2)CCCC1. The van der Waals surface area contributed by atoms with E-state index in [1.54, 1.807) is 30.5 Å². The highest BCUT2D eigenvalue weighted by Crippen LogP contribution is 2.38. The van der Waals surface area contributed by atoms with Gasteiger partial charge in [-0.25, -0.2) is 9.97 Å². The Labute approximate surface area is 175 Å². The number of hydrogen-bond acceptors (Lipinski definition) is 5. The molecule has 0 saturated heterocycles. The van der Waals surface area contributed by atoms with Crippen LogP contribution in [-0.2, 0) is 11.0 Å². The standard InChI is InChI=1S/C21H19F3N4O3/c22-21(23,24)16-11-27-18(28-16)14-3-5-15(25-10-14)13-4-6-17(26-9-13)31-12-20(19(29)30)7-1-2-8-20/h3-6,9-11H,1-2,7-8,12H2,(H,27,28)(H,29,30). The van der Waals surface area contributed by atoms with Gasteiger partial charge in [0.25, 0.3) is 0 Å². The van der Waals surface area contributed by atoms with E-state index in [0.717, 1.165) is 19.0 Å². The van der Waals surface area contributed by atoms with Gasteiger partial charge < -0.3 is 14.8 Å². The van der Waals surface area contributed by atoms with Crippen molar-refractivity contribution in [3.63, 3.8) is 0 Å². The van der Waals surface area contributed by atoms with E-state index in [4.69, 9.17) is 4.74 Å². The summed E-state index contributed by atoms with van der Waals surface area (Å²) in [4.78, 5) is 26.1. The molecule has 4 rings (SSSR count). The molecule has 3 aromatic rings. The maximum absolute atomic E-state index is 12.7. The molecule has 0 amide bonds. The van der Waals surface area contributed by atoms with Crippen molar-refractivity contribution in [2.24, 2.45) is 5.41 Å². The number of carboxylic acids is 1. The fraction of sp³-hybridized carbons (Fsp3) is 0.333. The third kappa shape index (κ3) is 4.37. The number of rotatable bonds is 6. The van der Waals surface area contributed by atoms with Crippen molar-refractivity contribution < 1.29 is 27.8 Å². The molecule has 3 aromatic heterocycles. The van der Waals surface area contributed by atoms with Crippen LogP contribution in [0.1, 0.15) is 31.4 Å². The lowest BCUT2D eigenvalue weighted by atomic mass is 9.87. The molecule has 0 unspecified atom stereocenters. The van der Waals surface area contributed by atoms with Gasteiger partial charge in [-0.3, -0.25) is 9.78 Å². The van der Waals surface area contributed by atoms with E-state index in [9.17, 15) is 23.1 Å². The quantitative estimate of drug-likeness (QED) is 0.592. The van der Waals surface area contributed by atoms with Crippen LogP contribution in [0.15, 0.2) is 42.9 Å². The van der Waals surface area contributed by atoms with E-state index in [2.05, 4.69) is 19.9 Å². The van der Waals surface area contributed by atoms with E-state index >= 15 is 0 Å². The highest BCUT2D eigenvalue weighted by atomic mass is 19.4. The third-order valence-corrected chi connectivity index (χ3v) is 5.46. The zero-order valence-corrected chi connectivity index (χ0v) is 16.3. The molecular formula is C21H19F3N4O3. The molecule has 1 aliphatic carbocycles. The molecule has 1 fully saturated rings. The number of nitrogens with one attached hydrogen (secondary N) is 1. The van der Waals surface area contributed by atoms with Crippen LogP contribution >= 0.6 is 0 Å². The Balaban J connectivity index is 1.43. The number of carbonyl (C=O) groups is 1. The summed E-state index contributed by atoms with van der Waals surface area (Å²) in [5.74, 6) is -0.444. The van der Waals surface area contributed by atoms with Gasteiger partial charge in [0, 0.05) is 29.6 Å². The van der Waals surface area contributed by atoms with Crippen molar-refractivity contribution in [3.8, 4) is 28.5 Å². The Morgan fingerprint density at radius 2 is 1.74 bits per heavy atom. The number of nitrogens with zero attached hydrogens (tertiary/aromatic N) is 3. The summed E-state index contributed by atoms with van der Waals surface area (Å²) in [6.07, 6.45) is 2.16. The zero-order valence-electron chi connectivity index (χ0n) is 16.3. The average Bonchev–Trinajstić information content (AvgIpc) is 3.43. The lowest BCUT2D eigenvalue weighted by molar-refractivity contribution is -0.150. The van der Waals surface area contributed by atoms with Gasteiger partial charge >= 0.3 is 12.1 Å². The zero-order chi connectivity index (χ0) is 22.1. The second-order valence-corrected chi connectivity index (χ2v) is 7.54. The predicted molar refractivity (Wildman–Crippen MR) is 104 cm³/mol. The molecule has 10 heteroatoms. The summed E-state index contributed by atoms with van der Waals surface area (Å²) in [6, 6.07) is 6.64. The Morgan fingerprint density at radius 3 is 2.29 bits per heavy atom. The number of hydrogen-bond donors (Lipinski definition) is 2. The number of imidazole rings is 1. The first-order valence-corrected chi connectivity index (χ1v) is 9.68. The number of H-pyrrole nitrogens is 1. The summed E-state index contributed by atoms with van der Waals surface area (Å²) in [6.45, 7) is 0.0741. The first-order valence-electron chi connectivity index (χ1n) is 9.68. The molecule has 1 aliphatic rings. The molecule has 1 saturated carbocycles. The number of pyridine rings is 2. The fourth-order valence-electron chi connectivity index (χ4n) is 3.62. The molecule has 0 atom stereocenters. The van der Waals surface area contributed by atoms with Crippen LogP contribution in [0.4, 0.5) is 13.2 Å². The van der Waals surface area contributed by atoms with Crippen molar-refractivity contribution >= 4 is 5.97 Å². The fourth-order valence-corrected chi connectivity index (χ4v) is 3.62. The molecule has 0 radical (unpaired) electrons. The molecule has 0 spiro atoms. The van der Waals surface area contributed by atoms with Crippen LogP contribution in [0.25, 0.3) is 22.6 Å². The summed E-state index contributed by atoms with van der Waals surface area (Å²) >= 11 is 0. The van der Waals surface area contributed by atoms with Crippen molar-refractivity contribution in [3.05, 3.63) is 48.5 Å². The van der Waals surface area contributed by atoms with Gasteiger partial charge in [0.1, 0.15) is 23.5 Å². The lowest BCUT2D eigenvalue weighted by Gasteiger charge is -2.23. The van der Waals surface area contributed by atoms with Crippen LogP contribution in [0, 0.1) is 5.41 Å². The number of alkyl halides is 3. The first kappa shape index (κ1) is 20.8. The Bertz CT molecular complexity index is 1060. The third-order valence-electron chi connectivity index (χ3n) is 5.46. The molecule has 0 aromatic carbocycles. The van der Waals surface area contributed by atoms with Gasteiger partial charge in [-0.1, -0.05) is 12.8 Å². The van der Waals surface area contributed by atoms with Crippen LogP contribution in [0.3, 0.4) is 0 Å². The molecule has 0 bridgehead atoms. The van der Waals surface area contributed by atoms with Gasteiger partial charge in [0.2, 0.25) is 5.88 Å². The van der Waals surface area contributed by atoms with E-state index in [1.165, 1.54) is 6.20 Å². The van der Waals surface area contributed by atoms with Crippen LogP contribution < -0.4 is 4.74 Å². The number of ether oxygens (including phenoxy) is 1. The Morgan fingerprint density at radius 1 is 1.03 bits per heavy atom. The summed E-state index contributed by atoms with van der Waals surface area (Å²) in [7, 11) is 0. The van der Waals surface area contributed by atoms with Gasteiger partial charge in [-0.2, -0.15) is 13.2 Å². The number of carboxylic acid groups (broad SMARTS) is 1. The smallest absolute Gasteiger partial charge is 0.432 e. The monoisotopic (exact) mass is 432 g/mol. The van der Waals surface area contributed by atoms with E-state index in [1.807, 2.05) is 0 Å². The van der Waals surface area contributed by atoms with Crippen LogP contribution in [-0.4, -0.2) is 37.6 Å². The summed E-state index contributed by atoms with van der Waals surface area (Å²) < 4.78 is 43.8. The minimum absolute atomic E-state index is 0.0741. The molecule has 0 aliphatic heterocycles. The van der Waals surface area contributed by atoms with Crippen molar-refractivity contribution in [2.45, 2.75) is 31.9 Å². The maximum atomic E-state index is 12.7. The number of aromatic amines is 1. The largest absolute Gasteiger partial charge is 0.481 e. The molecule has 2 N–H and O–H groups in total. The second-order valence-electron chi connectivity index (χ2n) is 7.54. The first-order chi connectivity index (χ1) is 14.8. The number of aliphatic carboxylic acids is 1. The molecule has 3 heterocycles. The van der Waals surface area contributed by atoms with Crippen molar-refractivity contribution in [1.82, 2.24) is 19.9 Å². The number of halogens is 3. The molecule has 7 nitrogen and oxygen atoms in total. The average molecular weight is 432 g/mol.